The summed E-state index contributed by atoms with van der Waals surface area (Å²) in [4.78, 5) is 13.5. The molecule has 2 rings (SSSR count). The molecule has 0 aromatic rings. The molecule has 0 aromatic heterocycles. The number of alkyl halides is 1. The Kier molecular flexibility index (Phi) is 2.61. The number of β-lactam (4-membered cyclic amide) rings is 1. The predicted octanol–water partition coefficient (Wildman–Crippen LogP) is 2.25. The molecule has 2 heterocycles. The van der Waals surface area contributed by atoms with Gasteiger partial charge < -0.3 is 4.90 Å². The number of carbonyl (C=O) groups is 1. The molecule has 72 valence electrons. The van der Waals surface area contributed by atoms with Gasteiger partial charge in [-0.15, -0.1) is 11.8 Å². The first-order valence-electron chi connectivity index (χ1n) is 4.36. The van der Waals surface area contributed by atoms with Crippen LogP contribution in [0.2, 0.25) is 0 Å². The number of carbonyl (C=O) groups excluding carboxylic acids is 1. The molecule has 0 saturated carbocycles. The summed E-state index contributed by atoms with van der Waals surface area (Å²) >= 11 is 4.27. The highest BCUT2D eigenvalue weighted by Gasteiger charge is 2.47. The van der Waals surface area contributed by atoms with Crippen LogP contribution < -0.4 is 0 Å². The topological polar surface area (TPSA) is 20.3 Å². The third kappa shape index (κ3) is 1.33. The number of hydrogen-bond acceptors (Lipinski definition) is 2. The van der Waals surface area contributed by atoms with E-state index in [0.717, 1.165) is 10.2 Å². The van der Waals surface area contributed by atoms with Crippen LogP contribution in [0.25, 0.3) is 0 Å². The van der Waals surface area contributed by atoms with Gasteiger partial charge in [-0.25, -0.2) is 0 Å². The van der Waals surface area contributed by atoms with Crippen LogP contribution in [0.3, 0.4) is 0 Å². The van der Waals surface area contributed by atoms with Gasteiger partial charge in [-0.2, -0.15) is 0 Å². The van der Waals surface area contributed by atoms with Crippen molar-refractivity contribution in [2.24, 2.45) is 5.92 Å². The van der Waals surface area contributed by atoms with Crippen molar-refractivity contribution in [3.63, 3.8) is 0 Å². The van der Waals surface area contributed by atoms with Gasteiger partial charge in [0.2, 0.25) is 5.91 Å². The van der Waals surface area contributed by atoms with Crippen molar-refractivity contribution in [3.05, 3.63) is 11.3 Å². The molecule has 2 atom stereocenters. The fourth-order valence-corrected chi connectivity index (χ4v) is 4.47. The standard InChI is InChI=1S/C9H12INOS/c1-5-8(12)11-6(2)7(3-10)4-13-9(5)11/h5,9H,3-4H2,1-2H3. The molecule has 2 aliphatic rings. The first kappa shape index (κ1) is 9.83. The minimum absolute atomic E-state index is 0.232. The second-order valence-corrected chi connectivity index (χ2v) is 5.39. The lowest BCUT2D eigenvalue weighted by molar-refractivity contribution is -0.145. The highest BCUT2D eigenvalue weighted by Crippen LogP contribution is 2.43. The summed E-state index contributed by atoms with van der Waals surface area (Å²) in [7, 11) is 0. The molecular formula is C9H12INOS. The molecule has 0 radical (unpaired) electrons. The minimum atomic E-state index is 0.232. The average molecular weight is 309 g/mol. The Hall–Kier alpha value is 0.290. The zero-order valence-corrected chi connectivity index (χ0v) is 10.7. The number of thioether (sulfide) groups is 1. The number of fused-ring (bicyclic) bond motifs is 1. The van der Waals surface area contributed by atoms with E-state index >= 15 is 0 Å². The molecule has 1 amide bonds. The molecule has 0 spiro atoms. The van der Waals surface area contributed by atoms with Crippen molar-refractivity contribution in [3.8, 4) is 0 Å². The molecule has 1 fully saturated rings. The first-order valence-corrected chi connectivity index (χ1v) is 6.93. The average Bonchev–Trinajstić information content (AvgIpc) is 2.16. The molecule has 2 unspecified atom stereocenters. The molecule has 2 nitrogen and oxygen atoms in total. The first-order chi connectivity index (χ1) is 6.16. The third-order valence-electron chi connectivity index (χ3n) is 2.77. The number of allylic oxidation sites excluding steroid dienone is 1. The van der Waals surface area contributed by atoms with Crippen molar-refractivity contribution in [1.82, 2.24) is 4.90 Å². The number of amides is 1. The Bertz CT molecular complexity index is 289. The maximum atomic E-state index is 11.5. The Morgan fingerprint density at radius 2 is 2.38 bits per heavy atom. The van der Waals surface area contributed by atoms with Crippen molar-refractivity contribution in [2.45, 2.75) is 19.2 Å². The van der Waals surface area contributed by atoms with E-state index in [9.17, 15) is 4.79 Å². The van der Waals surface area contributed by atoms with Crippen LogP contribution in [0.1, 0.15) is 13.8 Å². The van der Waals surface area contributed by atoms with Gasteiger partial charge in [0.15, 0.2) is 0 Å². The maximum Gasteiger partial charge on any atom is 0.233 e. The zero-order valence-electron chi connectivity index (χ0n) is 7.71. The van der Waals surface area contributed by atoms with Gasteiger partial charge in [0.25, 0.3) is 0 Å². The fourth-order valence-electron chi connectivity index (χ4n) is 1.78. The summed E-state index contributed by atoms with van der Waals surface area (Å²) in [6.45, 7) is 4.10. The molecule has 0 aliphatic carbocycles. The second kappa shape index (κ2) is 3.46. The lowest BCUT2D eigenvalue weighted by Crippen LogP contribution is -2.58. The molecule has 0 N–H and O–H groups in total. The molecule has 0 aromatic carbocycles. The largest absolute Gasteiger partial charge is 0.303 e. The summed E-state index contributed by atoms with van der Waals surface area (Å²) in [5.74, 6) is 1.64. The lowest BCUT2D eigenvalue weighted by Gasteiger charge is -2.49. The number of rotatable bonds is 1. The highest BCUT2D eigenvalue weighted by atomic mass is 127. The smallest absolute Gasteiger partial charge is 0.233 e. The SMILES string of the molecule is CC1=C(CI)CSC2C(C)C(=O)N12. The van der Waals surface area contributed by atoms with Gasteiger partial charge in [0.1, 0.15) is 0 Å². The Morgan fingerprint density at radius 1 is 1.69 bits per heavy atom. The van der Waals surface area contributed by atoms with Gasteiger partial charge in [-0.05, 0) is 12.5 Å². The van der Waals surface area contributed by atoms with E-state index in [1.54, 1.807) is 0 Å². The van der Waals surface area contributed by atoms with E-state index in [4.69, 9.17) is 0 Å². The van der Waals surface area contributed by atoms with Gasteiger partial charge in [-0.3, -0.25) is 4.79 Å². The Labute approximate surface area is 96.3 Å². The van der Waals surface area contributed by atoms with Crippen molar-refractivity contribution >= 4 is 40.3 Å². The van der Waals surface area contributed by atoms with Crippen LogP contribution in [0.15, 0.2) is 11.3 Å². The summed E-state index contributed by atoms with van der Waals surface area (Å²) in [6, 6.07) is 0. The predicted molar refractivity (Wildman–Crippen MR) is 63.8 cm³/mol. The second-order valence-electron chi connectivity index (χ2n) is 3.52. The molecule has 4 heteroatoms. The van der Waals surface area contributed by atoms with Gasteiger partial charge in [-0.1, -0.05) is 29.5 Å². The minimum Gasteiger partial charge on any atom is -0.303 e. The molecule has 13 heavy (non-hydrogen) atoms. The summed E-state index contributed by atoms with van der Waals surface area (Å²) in [5, 5.41) is 0.430. The van der Waals surface area contributed by atoms with Crippen LogP contribution >= 0.6 is 34.4 Å². The summed E-state index contributed by atoms with van der Waals surface area (Å²) < 4.78 is 1.04. The summed E-state index contributed by atoms with van der Waals surface area (Å²) in [5.41, 5.74) is 2.63. The van der Waals surface area contributed by atoms with Crippen LogP contribution in [-0.4, -0.2) is 26.4 Å². The molecular weight excluding hydrogens is 297 g/mol. The van der Waals surface area contributed by atoms with Gasteiger partial charge >= 0.3 is 0 Å². The zero-order chi connectivity index (χ0) is 9.59. The highest BCUT2D eigenvalue weighted by molar-refractivity contribution is 14.1. The quantitative estimate of drug-likeness (QED) is 0.421. The monoisotopic (exact) mass is 309 g/mol. The van der Waals surface area contributed by atoms with E-state index < -0.39 is 0 Å². The number of nitrogens with zero attached hydrogens (tertiary/aromatic N) is 1. The van der Waals surface area contributed by atoms with Crippen molar-refractivity contribution in [1.29, 1.82) is 0 Å². The molecule has 1 saturated heterocycles. The molecule has 2 aliphatic heterocycles. The van der Waals surface area contributed by atoms with Crippen LogP contribution in [0.4, 0.5) is 0 Å². The van der Waals surface area contributed by atoms with Crippen molar-refractivity contribution in [2.75, 3.05) is 10.2 Å². The lowest BCUT2D eigenvalue weighted by atomic mass is 9.98. The van der Waals surface area contributed by atoms with Crippen LogP contribution in [0, 0.1) is 5.92 Å². The molecule has 0 bridgehead atoms. The van der Waals surface area contributed by atoms with Gasteiger partial charge in [0.05, 0.1) is 11.3 Å². The van der Waals surface area contributed by atoms with E-state index in [2.05, 4.69) is 29.5 Å². The van der Waals surface area contributed by atoms with E-state index in [0.29, 0.717) is 11.3 Å². The number of hydrogen-bond donors (Lipinski definition) is 0. The van der Waals surface area contributed by atoms with E-state index in [-0.39, 0.29) is 5.92 Å². The number of halogens is 1. The third-order valence-corrected chi connectivity index (χ3v) is 5.17. The fraction of sp³-hybridized carbons (Fsp3) is 0.667. The van der Waals surface area contributed by atoms with Crippen LogP contribution in [0.5, 0.6) is 0 Å². The van der Waals surface area contributed by atoms with E-state index in [1.807, 2.05) is 23.6 Å². The van der Waals surface area contributed by atoms with Gasteiger partial charge in [0, 0.05) is 15.9 Å². The maximum absolute atomic E-state index is 11.5. The van der Waals surface area contributed by atoms with Crippen molar-refractivity contribution < 1.29 is 4.79 Å². The van der Waals surface area contributed by atoms with E-state index in [1.165, 1.54) is 11.3 Å². The Morgan fingerprint density at radius 3 is 3.00 bits per heavy atom. The normalized spacial score (nSPS) is 33.2. The Balaban J connectivity index is 2.26. The van der Waals surface area contributed by atoms with Crippen LogP contribution in [-0.2, 0) is 4.79 Å². The summed E-state index contributed by atoms with van der Waals surface area (Å²) in [6.07, 6.45) is 0.